The van der Waals surface area contributed by atoms with E-state index < -0.39 is 5.91 Å². The van der Waals surface area contributed by atoms with Gasteiger partial charge in [0.1, 0.15) is 17.9 Å². The summed E-state index contributed by atoms with van der Waals surface area (Å²) >= 11 is 7.86. The van der Waals surface area contributed by atoms with E-state index in [1.165, 1.54) is 0 Å². The summed E-state index contributed by atoms with van der Waals surface area (Å²) in [5.41, 5.74) is 4.97. The van der Waals surface area contributed by atoms with Gasteiger partial charge >= 0.3 is 5.91 Å². The number of ether oxygens (including phenoxy) is 3. The monoisotopic (exact) mass is 744 g/mol. The number of hydrogen-bond donors (Lipinski definition) is 1. The second kappa shape index (κ2) is 10.1. The Kier molecular flexibility index (Phi) is 6.97. The summed E-state index contributed by atoms with van der Waals surface area (Å²) in [5.74, 6) is 2.04. The van der Waals surface area contributed by atoms with Crippen molar-refractivity contribution in [2.45, 2.75) is 6.61 Å². The lowest BCUT2D eigenvalue weighted by atomic mass is 10.2. The highest BCUT2D eigenvalue weighted by Crippen LogP contribution is 2.34. The number of carbonyl (C=O) groups is 1. The van der Waals surface area contributed by atoms with Crippen molar-refractivity contribution in [2.75, 3.05) is 6.79 Å². The molecule has 0 aliphatic carbocycles. The molecule has 1 aromatic heterocycles. The number of furan rings is 1. The SMILES string of the molecule is O=C(N/N=C/c1cc(I)c(OCc2ccc3c(c2)OCO3)c(I)c1)c1cc2cc(Br)ccc2o1. The molecule has 0 fully saturated rings. The zero-order valence-electron chi connectivity index (χ0n) is 17.3. The third kappa shape index (κ3) is 5.18. The van der Waals surface area contributed by atoms with Gasteiger partial charge in [-0.3, -0.25) is 4.79 Å². The number of amides is 1. The Morgan fingerprint density at radius 1 is 1.06 bits per heavy atom. The molecular formula is C24H15BrI2N2O5. The molecule has 1 amide bonds. The van der Waals surface area contributed by atoms with Crippen LogP contribution in [-0.4, -0.2) is 18.9 Å². The van der Waals surface area contributed by atoms with Gasteiger partial charge in [-0.1, -0.05) is 22.0 Å². The third-order valence-electron chi connectivity index (χ3n) is 4.92. The van der Waals surface area contributed by atoms with Crippen molar-refractivity contribution < 1.29 is 23.4 Å². The van der Waals surface area contributed by atoms with E-state index in [2.05, 4.69) is 71.6 Å². The highest BCUT2D eigenvalue weighted by Gasteiger charge is 2.15. The molecular weight excluding hydrogens is 730 g/mol. The maximum Gasteiger partial charge on any atom is 0.307 e. The number of nitrogens with one attached hydrogen (secondary N) is 1. The number of carbonyl (C=O) groups excluding carboxylic acids is 1. The zero-order valence-corrected chi connectivity index (χ0v) is 23.2. The Morgan fingerprint density at radius 2 is 1.85 bits per heavy atom. The number of hydrazone groups is 1. The second-order valence-electron chi connectivity index (χ2n) is 7.28. The minimum atomic E-state index is -0.420. The lowest BCUT2D eigenvalue weighted by Gasteiger charge is -2.12. The van der Waals surface area contributed by atoms with Crippen LogP contribution < -0.4 is 19.6 Å². The van der Waals surface area contributed by atoms with E-state index in [-0.39, 0.29) is 12.6 Å². The molecule has 34 heavy (non-hydrogen) atoms. The van der Waals surface area contributed by atoms with Crippen molar-refractivity contribution in [3.05, 3.63) is 83.1 Å². The van der Waals surface area contributed by atoms with Gasteiger partial charge in [-0.25, -0.2) is 5.43 Å². The van der Waals surface area contributed by atoms with E-state index in [4.69, 9.17) is 18.6 Å². The summed E-state index contributed by atoms with van der Waals surface area (Å²) in [6.45, 7) is 0.648. The molecule has 3 aromatic carbocycles. The summed E-state index contributed by atoms with van der Waals surface area (Å²) in [6.07, 6.45) is 1.59. The van der Waals surface area contributed by atoms with Crippen LogP contribution in [0.25, 0.3) is 11.0 Å². The van der Waals surface area contributed by atoms with Crippen molar-refractivity contribution in [1.82, 2.24) is 5.43 Å². The topological polar surface area (TPSA) is 82.3 Å². The average Bonchev–Trinajstić information content (AvgIpc) is 3.44. The van der Waals surface area contributed by atoms with Crippen LogP contribution in [0.2, 0.25) is 0 Å². The Labute approximate surface area is 230 Å². The van der Waals surface area contributed by atoms with E-state index in [0.29, 0.717) is 12.2 Å². The van der Waals surface area contributed by atoms with E-state index in [1.807, 2.05) is 42.5 Å². The average molecular weight is 745 g/mol. The fourth-order valence-corrected chi connectivity index (χ4v) is 5.83. The smallest absolute Gasteiger partial charge is 0.307 e. The van der Waals surface area contributed by atoms with Crippen LogP contribution in [-0.2, 0) is 6.61 Å². The molecule has 1 aliphatic rings. The Morgan fingerprint density at radius 3 is 2.68 bits per heavy atom. The highest BCUT2D eigenvalue weighted by atomic mass is 127. The van der Waals surface area contributed by atoms with Gasteiger partial charge in [0.25, 0.3) is 0 Å². The van der Waals surface area contributed by atoms with Gasteiger partial charge < -0.3 is 18.6 Å². The molecule has 0 radical (unpaired) electrons. The van der Waals surface area contributed by atoms with Crippen molar-refractivity contribution in [3.8, 4) is 17.2 Å². The first-order chi connectivity index (χ1) is 16.5. The molecule has 1 N–H and O–H groups in total. The largest absolute Gasteiger partial charge is 0.487 e. The van der Waals surface area contributed by atoms with Gasteiger partial charge in [-0.2, -0.15) is 5.10 Å². The zero-order chi connectivity index (χ0) is 23.7. The van der Waals surface area contributed by atoms with Crippen LogP contribution >= 0.6 is 61.1 Å². The van der Waals surface area contributed by atoms with Crippen LogP contribution in [0.5, 0.6) is 17.2 Å². The first-order valence-electron chi connectivity index (χ1n) is 9.99. The first kappa shape index (κ1) is 23.4. The lowest BCUT2D eigenvalue weighted by molar-refractivity contribution is 0.0929. The van der Waals surface area contributed by atoms with E-state index in [9.17, 15) is 4.79 Å². The van der Waals surface area contributed by atoms with Crippen LogP contribution in [0.3, 0.4) is 0 Å². The molecule has 172 valence electrons. The summed E-state index contributed by atoms with van der Waals surface area (Å²) in [7, 11) is 0. The van der Waals surface area contributed by atoms with E-state index >= 15 is 0 Å². The number of nitrogens with zero attached hydrogens (tertiary/aromatic N) is 1. The fourth-order valence-electron chi connectivity index (χ4n) is 3.32. The van der Waals surface area contributed by atoms with Crippen LogP contribution in [0.15, 0.2) is 68.6 Å². The second-order valence-corrected chi connectivity index (χ2v) is 10.5. The minimum Gasteiger partial charge on any atom is -0.487 e. The predicted molar refractivity (Wildman–Crippen MR) is 148 cm³/mol. The van der Waals surface area contributed by atoms with E-state index in [1.54, 1.807) is 18.3 Å². The molecule has 0 bridgehead atoms. The van der Waals surface area contributed by atoms with Gasteiger partial charge in [0.2, 0.25) is 6.79 Å². The molecule has 0 spiro atoms. The summed E-state index contributed by atoms with van der Waals surface area (Å²) in [4.78, 5) is 12.4. The van der Waals surface area contributed by atoms with Crippen molar-refractivity contribution >= 4 is 84.2 Å². The summed E-state index contributed by atoms with van der Waals surface area (Å²) < 4.78 is 25.2. The molecule has 5 rings (SSSR count). The number of rotatable bonds is 6. The molecule has 0 saturated carbocycles. The molecule has 2 heterocycles. The number of fused-ring (bicyclic) bond motifs is 2. The molecule has 0 atom stereocenters. The number of halogens is 3. The molecule has 7 nitrogen and oxygen atoms in total. The van der Waals surface area contributed by atoms with Crippen molar-refractivity contribution in [1.29, 1.82) is 0 Å². The maximum atomic E-state index is 12.4. The lowest BCUT2D eigenvalue weighted by Crippen LogP contribution is -2.16. The summed E-state index contributed by atoms with van der Waals surface area (Å²) in [6, 6.07) is 16.9. The van der Waals surface area contributed by atoms with Crippen LogP contribution in [0, 0.1) is 7.14 Å². The molecule has 10 heteroatoms. The van der Waals surface area contributed by atoms with Gasteiger partial charge in [-0.05, 0) is 105 Å². The number of hydrogen-bond acceptors (Lipinski definition) is 6. The van der Waals surface area contributed by atoms with Gasteiger partial charge in [-0.15, -0.1) is 0 Å². The third-order valence-corrected chi connectivity index (χ3v) is 7.02. The Hall–Kier alpha value is -2.32. The first-order valence-corrected chi connectivity index (χ1v) is 12.9. The van der Waals surface area contributed by atoms with E-state index in [0.717, 1.165) is 45.4 Å². The van der Waals surface area contributed by atoms with Crippen LogP contribution in [0.4, 0.5) is 0 Å². The Balaban J connectivity index is 1.23. The standard InChI is InChI=1S/C24H15BrI2N2O5/c25-16-2-4-19-15(8-16)9-22(34-19)24(30)29-28-10-14-5-17(26)23(18(27)6-14)31-11-13-1-3-20-21(7-13)33-12-32-20/h1-10H,11-12H2,(H,29,30)/b28-10+. The van der Waals surface area contributed by atoms with Gasteiger partial charge in [0.05, 0.1) is 13.4 Å². The predicted octanol–water partition coefficient (Wildman–Crippen LogP) is 6.48. The van der Waals surface area contributed by atoms with Gasteiger partial charge in [0, 0.05) is 9.86 Å². The molecule has 0 saturated heterocycles. The normalized spacial score (nSPS) is 12.4. The van der Waals surface area contributed by atoms with Gasteiger partial charge in [0.15, 0.2) is 17.3 Å². The fraction of sp³-hybridized carbons (Fsp3) is 0.0833. The molecule has 0 unspecified atom stereocenters. The minimum absolute atomic E-state index is 0.196. The van der Waals surface area contributed by atoms with Crippen molar-refractivity contribution in [2.24, 2.45) is 5.10 Å². The number of benzene rings is 3. The quantitative estimate of drug-likeness (QED) is 0.139. The Bertz CT molecular complexity index is 1410. The van der Waals surface area contributed by atoms with Crippen LogP contribution in [0.1, 0.15) is 21.7 Å². The molecule has 1 aliphatic heterocycles. The van der Waals surface area contributed by atoms with Crippen molar-refractivity contribution in [3.63, 3.8) is 0 Å². The maximum absolute atomic E-state index is 12.4. The molecule has 4 aromatic rings. The highest BCUT2D eigenvalue weighted by molar-refractivity contribution is 14.1. The summed E-state index contributed by atoms with van der Waals surface area (Å²) in [5, 5.41) is 4.91.